The standard InChI is InChI=1S/C21H25N3O3/c1-2-3-4-5-6-7-8-14-9-11-15(12-10-14)24-17(25)13-16-18(19(24)22)21(27)23-20(16)26/h9-13H,2-8,22H2,1H3,(H,23,26,27). The highest BCUT2D eigenvalue weighted by atomic mass is 16.2. The summed E-state index contributed by atoms with van der Waals surface area (Å²) in [6.07, 6.45) is 8.49. The minimum Gasteiger partial charge on any atom is -0.384 e. The molecule has 0 fully saturated rings. The van der Waals surface area contributed by atoms with Crippen molar-refractivity contribution in [3.63, 3.8) is 0 Å². The van der Waals surface area contributed by atoms with Gasteiger partial charge in [0.2, 0.25) is 0 Å². The lowest BCUT2D eigenvalue weighted by Crippen LogP contribution is -2.24. The molecule has 0 bridgehead atoms. The number of nitrogens with zero attached hydrogens (tertiary/aromatic N) is 1. The SMILES string of the molecule is CCCCCCCCc1ccc(-n2c(N)c3c(cc2=O)C(=O)NC3=O)cc1. The van der Waals surface area contributed by atoms with Crippen molar-refractivity contribution >= 4 is 17.6 Å². The Morgan fingerprint density at radius 3 is 2.30 bits per heavy atom. The van der Waals surface area contributed by atoms with Crippen LogP contribution < -0.4 is 16.6 Å². The molecular formula is C21H25N3O3. The second-order valence-corrected chi connectivity index (χ2v) is 6.96. The van der Waals surface area contributed by atoms with Crippen LogP contribution in [0.3, 0.4) is 0 Å². The Morgan fingerprint density at radius 2 is 1.59 bits per heavy atom. The predicted molar refractivity (Wildman–Crippen MR) is 105 cm³/mol. The Bertz CT molecular complexity index is 914. The molecule has 2 heterocycles. The van der Waals surface area contributed by atoms with Gasteiger partial charge in [-0.3, -0.25) is 24.3 Å². The van der Waals surface area contributed by atoms with Gasteiger partial charge >= 0.3 is 0 Å². The topological polar surface area (TPSA) is 94.2 Å². The van der Waals surface area contributed by atoms with Crippen LogP contribution in [0.5, 0.6) is 0 Å². The highest BCUT2D eigenvalue weighted by Crippen LogP contribution is 2.23. The summed E-state index contributed by atoms with van der Waals surface area (Å²) < 4.78 is 1.27. The first-order valence-electron chi connectivity index (χ1n) is 9.53. The lowest BCUT2D eigenvalue weighted by atomic mass is 10.0. The molecule has 142 valence electrons. The molecule has 3 N–H and O–H groups in total. The number of pyridine rings is 1. The molecule has 0 saturated heterocycles. The van der Waals surface area contributed by atoms with Crippen molar-refractivity contribution < 1.29 is 9.59 Å². The Hall–Kier alpha value is -2.89. The number of rotatable bonds is 8. The number of imide groups is 1. The van der Waals surface area contributed by atoms with Crippen LogP contribution in [-0.2, 0) is 6.42 Å². The van der Waals surface area contributed by atoms with E-state index in [0.29, 0.717) is 5.69 Å². The van der Waals surface area contributed by atoms with Crippen LogP contribution in [0.4, 0.5) is 5.82 Å². The van der Waals surface area contributed by atoms with Gasteiger partial charge in [-0.15, -0.1) is 0 Å². The van der Waals surface area contributed by atoms with Gasteiger partial charge in [-0.25, -0.2) is 0 Å². The molecule has 0 atom stereocenters. The fourth-order valence-electron chi connectivity index (χ4n) is 3.47. The largest absolute Gasteiger partial charge is 0.384 e. The van der Waals surface area contributed by atoms with E-state index >= 15 is 0 Å². The van der Waals surface area contributed by atoms with Gasteiger partial charge in [0.25, 0.3) is 17.4 Å². The second-order valence-electron chi connectivity index (χ2n) is 6.96. The number of amides is 2. The van der Waals surface area contributed by atoms with Crippen molar-refractivity contribution in [2.24, 2.45) is 0 Å². The normalized spacial score (nSPS) is 12.9. The molecule has 6 heteroatoms. The number of aromatic nitrogens is 1. The van der Waals surface area contributed by atoms with Crippen LogP contribution in [0, 0.1) is 0 Å². The van der Waals surface area contributed by atoms with Crippen LogP contribution in [0.25, 0.3) is 5.69 Å². The fraction of sp³-hybridized carbons (Fsp3) is 0.381. The average Bonchev–Trinajstić information content (AvgIpc) is 2.93. The summed E-state index contributed by atoms with van der Waals surface area (Å²) >= 11 is 0. The number of carbonyl (C=O) groups is 2. The monoisotopic (exact) mass is 367 g/mol. The maximum atomic E-state index is 12.4. The lowest BCUT2D eigenvalue weighted by molar-refractivity contribution is 0.0880. The lowest BCUT2D eigenvalue weighted by Gasteiger charge is -2.12. The number of benzene rings is 1. The van der Waals surface area contributed by atoms with Gasteiger partial charge in [-0.1, -0.05) is 51.2 Å². The van der Waals surface area contributed by atoms with E-state index in [1.54, 1.807) is 0 Å². The number of nitrogens with two attached hydrogens (primary N) is 1. The van der Waals surface area contributed by atoms with E-state index in [-0.39, 0.29) is 16.9 Å². The Kier molecular flexibility index (Phi) is 5.74. The third-order valence-corrected chi connectivity index (χ3v) is 4.97. The van der Waals surface area contributed by atoms with Crippen molar-refractivity contribution in [1.82, 2.24) is 9.88 Å². The van der Waals surface area contributed by atoms with E-state index in [9.17, 15) is 14.4 Å². The van der Waals surface area contributed by atoms with E-state index < -0.39 is 17.4 Å². The number of aryl methyl sites for hydroxylation is 1. The molecular weight excluding hydrogens is 342 g/mol. The van der Waals surface area contributed by atoms with Crippen LogP contribution in [0.2, 0.25) is 0 Å². The van der Waals surface area contributed by atoms with Gasteiger partial charge in [0, 0.05) is 6.07 Å². The molecule has 0 radical (unpaired) electrons. The number of unbranched alkanes of at least 4 members (excludes halogenated alkanes) is 5. The van der Waals surface area contributed by atoms with Crippen LogP contribution in [-0.4, -0.2) is 16.4 Å². The summed E-state index contributed by atoms with van der Waals surface area (Å²) in [4.78, 5) is 36.1. The summed E-state index contributed by atoms with van der Waals surface area (Å²) in [7, 11) is 0. The minimum absolute atomic E-state index is 0.00970. The van der Waals surface area contributed by atoms with Crippen molar-refractivity contribution in [2.45, 2.75) is 51.9 Å². The van der Waals surface area contributed by atoms with Crippen LogP contribution in [0.15, 0.2) is 35.1 Å². The van der Waals surface area contributed by atoms with Gasteiger partial charge in [0.05, 0.1) is 16.8 Å². The van der Waals surface area contributed by atoms with E-state index in [4.69, 9.17) is 5.73 Å². The Labute approximate surface area is 158 Å². The molecule has 0 saturated carbocycles. The van der Waals surface area contributed by atoms with E-state index in [0.717, 1.165) is 18.9 Å². The average molecular weight is 367 g/mol. The number of nitrogen functional groups attached to an aromatic ring is 1. The smallest absolute Gasteiger partial charge is 0.262 e. The highest BCUT2D eigenvalue weighted by molar-refractivity contribution is 6.23. The third-order valence-electron chi connectivity index (χ3n) is 4.97. The maximum Gasteiger partial charge on any atom is 0.262 e. The molecule has 0 aliphatic carbocycles. The Morgan fingerprint density at radius 1 is 0.926 bits per heavy atom. The number of hydrogen-bond donors (Lipinski definition) is 2. The quantitative estimate of drug-likeness (QED) is 0.553. The number of hydrogen-bond acceptors (Lipinski definition) is 4. The molecule has 1 aliphatic heterocycles. The molecule has 2 aromatic rings. The zero-order chi connectivity index (χ0) is 19.4. The predicted octanol–water partition coefficient (Wildman–Crippen LogP) is 3.21. The maximum absolute atomic E-state index is 12.4. The summed E-state index contributed by atoms with van der Waals surface area (Å²) in [5.74, 6) is -1.16. The van der Waals surface area contributed by atoms with Gasteiger partial charge < -0.3 is 5.73 Å². The van der Waals surface area contributed by atoms with Crippen LogP contribution >= 0.6 is 0 Å². The number of carbonyl (C=O) groups excluding carboxylic acids is 2. The summed E-state index contributed by atoms with van der Waals surface area (Å²) in [6.45, 7) is 2.21. The molecule has 0 unspecified atom stereocenters. The first-order chi connectivity index (χ1) is 13.0. The van der Waals surface area contributed by atoms with Crippen molar-refractivity contribution in [1.29, 1.82) is 0 Å². The van der Waals surface area contributed by atoms with Gasteiger partial charge in [-0.2, -0.15) is 0 Å². The molecule has 27 heavy (non-hydrogen) atoms. The summed E-state index contributed by atoms with van der Waals surface area (Å²) in [6, 6.07) is 8.77. The first kappa shape index (κ1) is 18.9. The van der Waals surface area contributed by atoms with Crippen molar-refractivity contribution in [3.8, 4) is 5.69 Å². The van der Waals surface area contributed by atoms with Crippen molar-refractivity contribution in [2.75, 3.05) is 5.73 Å². The minimum atomic E-state index is -0.583. The summed E-state index contributed by atoms with van der Waals surface area (Å²) in [5.41, 5.74) is 7.51. The highest BCUT2D eigenvalue weighted by Gasteiger charge is 2.31. The molecule has 3 rings (SSSR count). The number of nitrogens with one attached hydrogen (secondary N) is 1. The first-order valence-corrected chi connectivity index (χ1v) is 9.53. The molecule has 1 aromatic carbocycles. The zero-order valence-electron chi connectivity index (χ0n) is 15.6. The zero-order valence-corrected chi connectivity index (χ0v) is 15.6. The molecule has 1 aromatic heterocycles. The number of anilines is 1. The molecule has 0 spiro atoms. The molecule has 1 aliphatic rings. The van der Waals surface area contributed by atoms with Crippen LogP contribution in [0.1, 0.15) is 71.7 Å². The molecule has 6 nitrogen and oxygen atoms in total. The second kappa shape index (κ2) is 8.20. The van der Waals surface area contributed by atoms with E-state index in [1.807, 2.05) is 24.3 Å². The van der Waals surface area contributed by atoms with Gasteiger partial charge in [0.1, 0.15) is 5.82 Å². The van der Waals surface area contributed by atoms with E-state index in [2.05, 4.69) is 12.2 Å². The van der Waals surface area contributed by atoms with Gasteiger partial charge in [0.15, 0.2) is 0 Å². The number of fused-ring (bicyclic) bond motifs is 1. The summed E-state index contributed by atoms with van der Waals surface area (Å²) in [5, 5.41) is 2.17. The van der Waals surface area contributed by atoms with Gasteiger partial charge in [-0.05, 0) is 30.5 Å². The van der Waals surface area contributed by atoms with E-state index in [1.165, 1.54) is 42.2 Å². The van der Waals surface area contributed by atoms with Crippen molar-refractivity contribution in [3.05, 3.63) is 57.4 Å². The molecule has 2 amide bonds. The third kappa shape index (κ3) is 3.94. The fourth-order valence-corrected chi connectivity index (χ4v) is 3.47. The Balaban J connectivity index is 1.75.